The molecule has 0 N–H and O–H groups in total. The van der Waals surface area contributed by atoms with Crippen molar-refractivity contribution in [2.24, 2.45) is 0 Å². The Balaban J connectivity index is 2.11. The number of nitriles is 1. The van der Waals surface area contributed by atoms with Crippen LogP contribution in [0.2, 0.25) is 0 Å². The summed E-state index contributed by atoms with van der Waals surface area (Å²) in [6.45, 7) is 0. The van der Waals surface area contributed by atoms with E-state index in [2.05, 4.69) is 9.88 Å². The van der Waals surface area contributed by atoms with Crippen molar-refractivity contribution in [2.45, 2.75) is 31.7 Å². The summed E-state index contributed by atoms with van der Waals surface area (Å²) in [5.41, 5.74) is 0.432. The summed E-state index contributed by atoms with van der Waals surface area (Å²) in [6.07, 6.45) is 3.08. The number of rotatable bonds is 2. The minimum atomic E-state index is 0.355. The SMILES string of the molecule is CN(c1cccc(C#N)n1)C1CCC(=O)CC1. The number of ketones is 1. The number of Topliss-reactive ketones (excluding diaryl/α,β-unsaturated/α-hetero) is 1. The maximum absolute atomic E-state index is 11.2. The van der Waals surface area contributed by atoms with Crippen LogP contribution < -0.4 is 4.90 Å². The minimum Gasteiger partial charge on any atom is -0.357 e. The first-order valence-corrected chi connectivity index (χ1v) is 5.82. The molecule has 1 aliphatic rings. The van der Waals surface area contributed by atoms with Crippen LogP contribution in [0.4, 0.5) is 5.82 Å². The van der Waals surface area contributed by atoms with Gasteiger partial charge in [-0.2, -0.15) is 5.26 Å². The second-order valence-corrected chi connectivity index (χ2v) is 4.37. The molecule has 0 unspecified atom stereocenters. The van der Waals surface area contributed by atoms with E-state index in [0.717, 1.165) is 18.7 Å². The molecule has 0 spiro atoms. The summed E-state index contributed by atoms with van der Waals surface area (Å²) in [5.74, 6) is 1.16. The highest BCUT2D eigenvalue weighted by Gasteiger charge is 2.22. The number of hydrogen-bond acceptors (Lipinski definition) is 4. The van der Waals surface area contributed by atoms with Gasteiger partial charge in [0.2, 0.25) is 0 Å². The number of pyridine rings is 1. The molecule has 4 nitrogen and oxygen atoms in total. The van der Waals surface area contributed by atoms with E-state index in [4.69, 9.17) is 5.26 Å². The normalized spacial score (nSPS) is 16.6. The summed E-state index contributed by atoms with van der Waals surface area (Å²) in [5, 5.41) is 8.81. The van der Waals surface area contributed by atoms with Crippen molar-refractivity contribution in [3.63, 3.8) is 0 Å². The molecule has 0 aromatic carbocycles. The molecular formula is C13H15N3O. The van der Waals surface area contributed by atoms with Crippen molar-refractivity contribution in [3.8, 4) is 6.07 Å². The van der Waals surface area contributed by atoms with E-state index in [-0.39, 0.29) is 0 Å². The van der Waals surface area contributed by atoms with Crippen molar-refractivity contribution in [2.75, 3.05) is 11.9 Å². The Morgan fingerprint density at radius 2 is 2.12 bits per heavy atom. The third kappa shape index (κ3) is 2.62. The highest BCUT2D eigenvalue weighted by atomic mass is 16.1. The lowest BCUT2D eigenvalue weighted by Crippen LogP contribution is -2.35. The molecule has 1 aliphatic carbocycles. The van der Waals surface area contributed by atoms with Crippen molar-refractivity contribution < 1.29 is 4.79 Å². The third-order valence-electron chi connectivity index (χ3n) is 3.27. The van der Waals surface area contributed by atoms with E-state index < -0.39 is 0 Å². The highest BCUT2D eigenvalue weighted by Crippen LogP contribution is 2.23. The molecular weight excluding hydrogens is 214 g/mol. The van der Waals surface area contributed by atoms with E-state index in [1.165, 1.54) is 0 Å². The molecule has 0 atom stereocenters. The number of carbonyl (C=O) groups excluding carboxylic acids is 1. The summed E-state index contributed by atoms with van der Waals surface area (Å²) >= 11 is 0. The number of aromatic nitrogens is 1. The Kier molecular flexibility index (Phi) is 3.38. The van der Waals surface area contributed by atoms with Crippen LogP contribution in [0.25, 0.3) is 0 Å². The van der Waals surface area contributed by atoms with Crippen molar-refractivity contribution >= 4 is 11.6 Å². The van der Waals surface area contributed by atoms with E-state index >= 15 is 0 Å². The molecule has 0 saturated heterocycles. The molecule has 1 heterocycles. The topological polar surface area (TPSA) is 57.0 Å². The first-order valence-electron chi connectivity index (χ1n) is 5.82. The molecule has 0 amide bonds. The van der Waals surface area contributed by atoms with Crippen LogP contribution in [0.15, 0.2) is 18.2 Å². The Hall–Kier alpha value is -1.89. The quantitative estimate of drug-likeness (QED) is 0.777. The number of hydrogen-bond donors (Lipinski definition) is 0. The Morgan fingerprint density at radius 1 is 1.41 bits per heavy atom. The third-order valence-corrected chi connectivity index (χ3v) is 3.27. The molecule has 88 valence electrons. The zero-order chi connectivity index (χ0) is 12.3. The second-order valence-electron chi connectivity index (χ2n) is 4.37. The van der Waals surface area contributed by atoms with Gasteiger partial charge in [-0.25, -0.2) is 4.98 Å². The molecule has 17 heavy (non-hydrogen) atoms. The van der Waals surface area contributed by atoms with Gasteiger partial charge in [0.25, 0.3) is 0 Å². The van der Waals surface area contributed by atoms with Gasteiger partial charge in [-0.3, -0.25) is 4.79 Å². The molecule has 4 heteroatoms. The summed E-state index contributed by atoms with van der Waals surface area (Å²) in [6, 6.07) is 7.83. The van der Waals surface area contributed by atoms with Crippen LogP contribution in [0.5, 0.6) is 0 Å². The smallest absolute Gasteiger partial charge is 0.142 e. The molecule has 1 aromatic rings. The fraction of sp³-hybridized carbons (Fsp3) is 0.462. The van der Waals surface area contributed by atoms with Gasteiger partial charge in [-0.05, 0) is 25.0 Å². The van der Waals surface area contributed by atoms with Gasteiger partial charge in [0.15, 0.2) is 0 Å². The zero-order valence-electron chi connectivity index (χ0n) is 9.89. The van der Waals surface area contributed by atoms with E-state index in [1.807, 2.05) is 25.2 Å². The molecule has 0 radical (unpaired) electrons. The fourth-order valence-corrected chi connectivity index (χ4v) is 2.18. The van der Waals surface area contributed by atoms with Gasteiger partial charge in [0.1, 0.15) is 23.4 Å². The lowest BCUT2D eigenvalue weighted by Gasteiger charge is -2.31. The van der Waals surface area contributed by atoms with Crippen LogP contribution in [0, 0.1) is 11.3 Å². The van der Waals surface area contributed by atoms with E-state index in [9.17, 15) is 4.79 Å². The highest BCUT2D eigenvalue weighted by molar-refractivity contribution is 5.79. The average Bonchev–Trinajstić information content (AvgIpc) is 2.39. The first kappa shape index (κ1) is 11.6. The maximum Gasteiger partial charge on any atom is 0.142 e. The van der Waals surface area contributed by atoms with Crippen LogP contribution in [0.1, 0.15) is 31.4 Å². The lowest BCUT2D eigenvalue weighted by atomic mass is 9.93. The lowest BCUT2D eigenvalue weighted by molar-refractivity contribution is -0.120. The number of nitrogens with zero attached hydrogens (tertiary/aromatic N) is 3. The predicted octanol–water partition coefficient (Wildman–Crippen LogP) is 1.90. The van der Waals surface area contributed by atoms with Gasteiger partial charge < -0.3 is 4.90 Å². The minimum absolute atomic E-state index is 0.355. The Morgan fingerprint density at radius 3 is 2.76 bits per heavy atom. The maximum atomic E-state index is 11.2. The van der Waals surface area contributed by atoms with Crippen molar-refractivity contribution in [3.05, 3.63) is 23.9 Å². The van der Waals surface area contributed by atoms with Gasteiger partial charge in [-0.15, -0.1) is 0 Å². The molecule has 1 fully saturated rings. The van der Waals surface area contributed by atoms with Crippen LogP contribution in [-0.4, -0.2) is 23.9 Å². The standard InChI is InChI=1S/C13H15N3O/c1-16(11-5-7-12(17)8-6-11)13-4-2-3-10(9-14)15-13/h2-4,11H,5-8H2,1H3. The summed E-state index contributed by atoms with van der Waals surface area (Å²) in [4.78, 5) is 17.5. The fourth-order valence-electron chi connectivity index (χ4n) is 2.18. The average molecular weight is 229 g/mol. The van der Waals surface area contributed by atoms with E-state index in [1.54, 1.807) is 6.07 Å². The van der Waals surface area contributed by atoms with Crippen LogP contribution >= 0.6 is 0 Å². The molecule has 2 rings (SSSR count). The first-order chi connectivity index (χ1) is 8.20. The Bertz CT molecular complexity index is 454. The molecule has 1 aromatic heterocycles. The summed E-state index contributed by atoms with van der Waals surface area (Å²) < 4.78 is 0. The largest absolute Gasteiger partial charge is 0.357 e. The van der Waals surface area contributed by atoms with Gasteiger partial charge >= 0.3 is 0 Å². The molecule has 0 aliphatic heterocycles. The zero-order valence-corrected chi connectivity index (χ0v) is 9.89. The van der Waals surface area contributed by atoms with Gasteiger partial charge in [0.05, 0.1) is 0 Å². The molecule has 1 saturated carbocycles. The van der Waals surface area contributed by atoms with Crippen LogP contribution in [0.3, 0.4) is 0 Å². The van der Waals surface area contributed by atoms with Gasteiger partial charge in [-0.1, -0.05) is 6.07 Å². The molecule has 0 bridgehead atoms. The predicted molar refractivity (Wildman–Crippen MR) is 64.6 cm³/mol. The van der Waals surface area contributed by atoms with Crippen LogP contribution in [-0.2, 0) is 4.79 Å². The number of carbonyl (C=O) groups is 1. The van der Waals surface area contributed by atoms with Crippen molar-refractivity contribution in [1.82, 2.24) is 4.98 Å². The van der Waals surface area contributed by atoms with Gasteiger partial charge in [0, 0.05) is 25.9 Å². The monoisotopic (exact) mass is 229 g/mol. The summed E-state index contributed by atoms with van der Waals surface area (Å²) in [7, 11) is 1.98. The number of anilines is 1. The Labute approximate surface area is 101 Å². The second kappa shape index (κ2) is 4.96. The van der Waals surface area contributed by atoms with Crippen molar-refractivity contribution in [1.29, 1.82) is 5.26 Å². The van der Waals surface area contributed by atoms with E-state index in [0.29, 0.717) is 30.4 Å².